The van der Waals surface area contributed by atoms with Gasteiger partial charge in [-0.25, -0.2) is 0 Å². The minimum absolute atomic E-state index is 0.137. The Morgan fingerprint density at radius 3 is 2.78 bits per heavy atom. The number of hydrogen-bond donors (Lipinski definition) is 2. The Balaban J connectivity index is 1.78. The zero-order chi connectivity index (χ0) is 19.4. The van der Waals surface area contributed by atoms with Crippen LogP contribution in [0.25, 0.3) is 0 Å². The van der Waals surface area contributed by atoms with Crippen LogP contribution < -0.4 is 15.5 Å². The predicted molar refractivity (Wildman–Crippen MR) is 106 cm³/mol. The Morgan fingerprint density at radius 1 is 1.26 bits per heavy atom. The van der Waals surface area contributed by atoms with Crippen LogP contribution in [-0.2, 0) is 4.79 Å². The maximum absolute atomic E-state index is 13.1. The lowest BCUT2D eigenvalue weighted by molar-refractivity contribution is -0.121. The highest BCUT2D eigenvalue weighted by Gasteiger charge is 2.32. The number of aryl methyl sites for hydroxylation is 1. The molecule has 1 aromatic heterocycles. The first kappa shape index (κ1) is 18.8. The molecule has 142 valence electrons. The highest BCUT2D eigenvalue weighted by molar-refractivity contribution is 6.01. The van der Waals surface area contributed by atoms with Crippen molar-refractivity contribution >= 4 is 23.2 Å². The second-order valence-electron chi connectivity index (χ2n) is 6.84. The number of nitrogens with zero attached hydrogens (tertiary/aromatic N) is 3. The Morgan fingerprint density at radius 2 is 2.07 bits per heavy atom. The molecule has 0 saturated carbocycles. The molecule has 7 nitrogen and oxygen atoms in total. The number of pyridine rings is 1. The third-order valence-electron chi connectivity index (χ3n) is 4.60. The van der Waals surface area contributed by atoms with Crippen LogP contribution in [0.3, 0.4) is 0 Å². The van der Waals surface area contributed by atoms with Gasteiger partial charge in [0.25, 0.3) is 5.91 Å². The average Bonchev–Trinajstić information content (AvgIpc) is 2.69. The molecule has 2 N–H and O–H groups in total. The lowest BCUT2D eigenvalue weighted by Crippen LogP contribution is -2.58. The molecule has 2 amide bonds. The summed E-state index contributed by atoms with van der Waals surface area (Å²) in [4.78, 5) is 33.6. The van der Waals surface area contributed by atoms with E-state index in [1.54, 1.807) is 17.2 Å². The van der Waals surface area contributed by atoms with Gasteiger partial charge in [-0.1, -0.05) is 6.07 Å². The lowest BCUT2D eigenvalue weighted by atomic mass is 10.1. The zero-order valence-electron chi connectivity index (χ0n) is 15.9. The molecule has 7 heteroatoms. The van der Waals surface area contributed by atoms with Crippen molar-refractivity contribution < 1.29 is 9.59 Å². The minimum Gasteiger partial charge on any atom is -0.378 e. The molecule has 1 aromatic carbocycles. The summed E-state index contributed by atoms with van der Waals surface area (Å²) < 4.78 is 0. The summed E-state index contributed by atoms with van der Waals surface area (Å²) in [5, 5.41) is 6.06. The van der Waals surface area contributed by atoms with Crippen molar-refractivity contribution in [3.8, 4) is 0 Å². The highest BCUT2D eigenvalue weighted by atomic mass is 16.2. The number of benzene rings is 1. The molecule has 1 aliphatic rings. The standard InChI is InChI=1S/C20H25N5O2/c1-14-7-8-16(12-22-14)23-19(26)18-13-21-9-10-25(18)20(27)15-5-4-6-17(11-15)24(2)3/h4-8,11-12,18,21H,9-10,13H2,1-3H3,(H,23,26). The number of piperazine rings is 1. The van der Waals surface area contributed by atoms with Crippen LogP contribution in [0.1, 0.15) is 16.1 Å². The fourth-order valence-electron chi connectivity index (χ4n) is 3.03. The van der Waals surface area contributed by atoms with E-state index >= 15 is 0 Å². The Hall–Kier alpha value is -2.93. The van der Waals surface area contributed by atoms with Crippen LogP contribution in [0, 0.1) is 6.92 Å². The van der Waals surface area contributed by atoms with E-state index in [-0.39, 0.29) is 11.8 Å². The highest BCUT2D eigenvalue weighted by Crippen LogP contribution is 2.18. The van der Waals surface area contributed by atoms with Crippen molar-refractivity contribution in [2.45, 2.75) is 13.0 Å². The third kappa shape index (κ3) is 4.43. The van der Waals surface area contributed by atoms with E-state index < -0.39 is 6.04 Å². The van der Waals surface area contributed by atoms with Crippen molar-refractivity contribution in [3.05, 3.63) is 53.9 Å². The van der Waals surface area contributed by atoms with Gasteiger partial charge in [0.2, 0.25) is 5.91 Å². The normalized spacial score (nSPS) is 16.7. The van der Waals surface area contributed by atoms with Gasteiger partial charge >= 0.3 is 0 Å². The molecular formula is C20H25N5O2. The van der Waals surface area contributed by atoms with Crippen LogP contribution in [0.15, 0.2) is 42.6 Å². The van der Waals surface area contributed by atoms with Gasteiger partial charge in [-0.15, -0.1) is 0 Å². The zero-order valence-corrected chi connectivity index (χ0v) is 15.9. The molecule has 27 heavy (non-hydrogen) atoms. The summed E-state index contributed by atoms with van der Waals surface area (Å²) in [5.41, 5.74) is 3.03. The van der Waals surface area contributed by atoms with Crippen molar-refractivity contribution in [1.82, 2.24) is 15.2 Å². The van der Waals surface area contributed by atoms with Gasteiger partial charge in [0.1, 0.15) is 6.04 Å². The number of carbonyl (C=O) groups excluding carboxylic acids is 2. The molecule has 1 atom stereocenters. The maximum atomic E-state index is 13.1. The first-order chi connectivity index (χ1) is 13.0. The molecule has 1 fully saturated rings. The number of anilines is 2. The monoisotopic (exact) mass is 367 g/mol. The lowest BCUT2D eigenvalue weighted by Gasteiger charge is -2.35. The molecule has 0 bridgehead atoms. The average molecular weight is 367 g/mol. The van der Waals surface area contributed by atoms with Gasteiger partial charge < -0.3 is 20.4 Å². The molecule has 2 aromatic rings. The fraction of sp³-hybridized carbons (Fsp3) is 0.350. The maximum Gasteiger partial charge on any atom is 0.254 e. The van der Waals surface area contributed by atoms with Gasteiger partial charge in [-0.05, 0) is 37.3 Å². The summed E-state index contributed by atoms with van der Waals surface area (Å²) in [6, 6.07) is 10.5. The van der Waals surface area contributed by atoms with Crippen molar-refractivity contribution in [2.75, 3.05) is 43.9 Å². The molecule has 1 aliphatic heterocycles. The van der Waals surface area contributed by atoms with E-state index in [1.807, 2.05) is 56.3 Å². The number of nitrogens with one attached hydrogen (secondary N) is 2. The second-order valence-corrected chi connectivity index (χ2v) is 6.84. The van der Waals surface area contributed by atoms with Crippen molar-refractivity contribution in [3.63, 3.8) is 0 Å². The summed E-state index contributed by atoms with van der Waals surface area (Å²) in [7, 11) is 3.86. The van der Waals surface area contributed by atoms with Gasteiger partial charge in [-0.3, -0.25) is 14.6 Å². The van der Waals surface area contributed by atoms with E-state index in [9.17, 15) is 9.59 Å². The molecule has 3 rings (SSSR count). The summed E-state index contributed by atoms with van der Waals surface area (Å²) >= 11 is 0. The van der Waals surface area contributed by atoms with Crippen LogP contribution in [0.5, 0.6) is 0 Å². The molecule has 0 spiro atoms. The predicted octanol–water partition coefficient (Wildman–Crippen LogP) is 1.51. The first-order valence-corrected chi connectivity index (χ1v) is 8.98. The summed E-state index contributed by atoms with van der Waals surface area (Å²) in [5.74, 6) is -0.354. The van der Waals surface area contributed by atoms with Crippen molar-refractivity contribution in [2.24, 2.45) is 0 Å². The molecule has 2 heterocycles. The number of carbonyl (C=O) groups is 2. The van der Waals surface area contributed by atoms with E-state index in [2.05, 4.69) is 15.6 Å². The van der Waals surface area contributed by atoms with E-state index in [4.69, 9.17) is 0 Å². The van der Waals surface area contributed by atoms with Crippen LogP contribution in [0.2, 0.25) is 0 Å². The molecule has 1 unspecified atom stereocenters. The number of amides is 2. The van der Waals surface area contributed by atoms with Crippen LogP contribution in [-0.4, -0.2) is 61.5 Å². The topological polar surface area (TPSA) is 77.6 Å². The SMILES string of the molecule is Cc1ccc(NC(=O)C2CNCCN2C(=O)c2cccc(N(C)C)c2)cn1. The van der Waals surface area contributed by atoms with Crippen LogP contribution in [0.4, 0.5) is 11.4 Å². The minimum atomic E-state index is -0.574. The molecule has 0 aliphatic carbocycles. The molecular weight excluding hydrogens is 342 g/mol. The number of rotatable bonds is 4. The van der Waals surface area contributed by atoms with Gasteiger partial charge in [-0.2, -0.15) is 0 Å². The fourth-order valence-corrected chi connectivity index (χ4v) is 3.03. The third-order valence-corrected chi connectivity index (χ3v) is 4.60. The van der Waals surface area contributed by atoms with Gasteiger partial charge in [0.15, 0.2) is 0 Å². The number of aromatic nitrogens is 1. The Labute approximate surface area is 159 Å². The summed E-state index contributed by atoms with van der Waals surface area (Å²) in [6.07, 6.45) is 1.62. The second kappa shape index (κ2) is 8.18. The number of hydrogen-bond acceptors (Lipinski definition) is 5. The largest absolute Gasteiger partial charge is 0.378 e. The van der Waals surface area contributed by atoms with E-state index in [1.165, 1.54) is 0 Å². The van der Waals surface area contributed by atoms with Gasteiger partial charge in [0, 0.05) is 50.7 Å². The molecule has 0 radical (unpaired) electrons. The van der Waals surface area contributed by atoms with Gasteiger partial charge in [0.05, 0.1) is 11.9 Å². The first-order valence-electron chi connectivity index (χ1n) is 8.98. The van der Waals surface area contributed by atoms with E-state index in [0.717, 1.165) is 11.4 Å². The summed E-state index contributed by atoms with van der Waals surface area (Å²) in [6.45, 7) is 3.45. The van der Waals surface area contributed by atoms with Crippen LogP contribution >= 0.6 is 0 Å². The Bertz CT molecular complexity index is 819. The van der Waals surface area contributed by atoms with Crippen molar-refractivity contribution in [1.29, 1.82) is 0 Å². The molecule has 1 saturated heterocycles. The van der Waals surface area contributed by atoms with E-state index in [0.29, 0.717) is 30.9 Å². The smallest absolute Gasteiger partial charge is 0.254 e. The Kier molecular flexibility index (Phi) is 5.71. The quantitative estimate of drug-likeness (QED) is 0.857.